The lowest BCUT2D eigenvalue weighted by Gasteiger charge is -2.19. The Morgan fingerprint density at radius 2 is 1.88 bits per heavy atom. The smallest absolute Gasteiger partial charge is 0.251 e. The monoisotopic (exact) mass is 236 g/mol. The largest absolute Gasteiger partial charge is 0.330 e. The third-order valence-corrected chi connectivity index (χ3v) is 2.87. The molecule has 0 aromatic heterocycles. The molecule has 0 spiro atoms. The van der Waals surface area contributed by atoms with Crippen molar-refractivity contribution in [2.75, 3.05) is 26.7 Å². The summed E-state index contributed by atoms with van der Waals surface area (Å²) in [4.78, 5) is 1.70. The molecule has 1 unspecified atom stereocenters. The molecule has 0 heterocycles. The van der Waals surface area contributed by atoms with Gasteiger partial charge in [-0.15, -0.1) is 0 Å². The molecule has 0 saturated carbocycles. The van der Waals surface area contributed by atoms with Gasteiger partial charge in [0.2, 0.25) is 0 Å². The van der Waals surface area contributed by atoms with Crippen LogP contribution in [0.1, 0.15) is 39.0 Å². The van der Waals surface area contributed by atoms with Crippen LogP contribution in [0.5, 0.6) is 0 Å². The van der Waals surface area contributed by atoms with Crippen molar-refractivity contribution >= 4 is 0 Å². The first-order chi connectivity index (χ1) is 7.60. The number of nitrogens with two attached hydrogens (primary N) is 1. The molecule has 0 radical (unpaired) electrons. The number of rotatable bonds is 10. The Labute approximate surface area is 98.2 Å². The van der Waals surface area contributed by atoms with E-state index in [1.807, 2.05) is 0 Å². The van der Waals surface area contributed by atoms with Gasteiger partial charge in [0, 0.05) is 0 Å². The van der Waals surface area contributed by atoms with Crippen LogP contribution in [0.4, 0.5) is 8.78 Å². The number of nitrogens with zero attached hydrogens (tertiary/aromatic N) is 1. The highest BCUT2D eigenvalue weighted by Crippen LogP contribution is 2.17. The minimum absolute atomic E-state index is 0.116. The fraction of sp³-hybridized carbons (Fsp3) is 1.00. The van der Waals surface area contributed by atoms with Crippen molar-refractivity contribution in [1.82, 2.24) is 4.90 Å². The maximum atomic E-state index is 12.1. The minimum Gasteiger partial charge on any atom is -0.330 e. The van der Waals surface area contributed by atoms with Crippen molar-refractivity contribution in [1.29, 1.82) is 0 Å². The Balaban J connectivity index is 3.59. The highest BCUT2D eigenvalue weighted by Gasteiger charge is 2.10. The molecule has 98 valence electrons. The normalized spacial score (nSPS) is 13.7. The molecule has 0 bridgehead atoms. The van der Waals surface area contributed by atoms with Crippen molar-refractivity contribution in [3.8, 4) is 0 Å². The molecule has 0 rings (SSSR count). The van der Waals surface area contributed by atoms with Gasteiger partial charge in [0.05, 0.1) is 6.54 Å². The van der Waals surface area contributed by atoms with Crippen molar-refractivity contribution < 1.29 is 8.78 Å². The lowest BCUT2D eigenvalue weighted by molar-refractivity contribution is 0.0989. The van der Waals surface area contributed by atoms with Gasteiger partial charge in [-0.2, -0.15) is 0 Å². The van der Waals surface area contributed by atoms with Crippen LogP contribution in [0.15, 0.2) is 0 Å². The lowest BCUT2D eigenvalue weighted by atomic mass is 9.94. The second kappa shape index (κ2) is 9.97. The Hall–Kier alpha value is -0.220. The molecule has 2 N–H and O–H groups in total. The summed E-state index contributed by atoms with van der Waals surface area (Å²) in [5.41, 5.74) is 5.55. The lowest BCUT2D eigenvalue weighted by Crippen LogP contribution is -2.26. The molecule has 0 saturated heterocycles. The second-order valence-electron chi connectivity index (χ2n) is 4.53. The highest BCUT2D eigenvalue weighted by molar-refractivity contribution is 4.62. The Kier molecular flexibility index (Phi) is 9.83. The maximum absolute atomic E-state index is 12.1. The summed E-state index contributed by atoms with van der Waals surface area (Å²) < 4.78 is 24.1. The van der Waals surface area contributed by atoms with Crippen LogP contribution in [0.25, 0.3) is 0 Å². The van der Waals surface area contributed by atoms with Gasteiger partial charge < -0.3 is 10.6 Å². The van der Waals surface area contributed by atoms with Crippen molar-refractivity contribution in [3.05, 3.63) is 0 Å². The summed E-state index contributed by atoms with van der Waals surface area (Å²) in [6.45, 7) is 3.55. The third-order valence-electron chi connectivity index (χ3n) is 2.87. The van der Waals surface area contributed by atoms with E-state index >= 15 is 0 Å². The van der Waals surface area contributed by atoms with Gasteiger partial charge in [-0.1, -0.05) is 19.8 Å². The molecule has 16 heavy (non-hydrogen) atoms. The quantitative estimate of drug-likeness (QED) is 0.632. The zero-order valence-corrected chi connectivity index (χ0v) is 10.6. The first-order valence-electron chi connectivity index (χ1n) is 6.26. The van der Waals surface area contributed by atoms with Gasteiger partial charge in [-0.25, -0.2) is 8.78 Å². The summed E-state index contributed by atoms with van der Waals surface area (Å²) in [6, 6.07) is 0. The van der Waals surface area contributed by atoms with E-state index in [9.17, 15) is 8.78 Å². The van der Waals surface area contributed by atoms with E-state index in [4.69, 9.17) is 5.73 Å². The van der Waals surface area contributed by atoms with Gasteiger partial charge in [0.1, 0.15) is 0 Å². The van der Waals surface area contributed by atoms with Crippen LogP contribution in [-0.2, 0) is 0 Å². The second-order valence-corrected chi connectivity index (χ2v) is 4.53. The van der Waals surface area contributed by atoms with Crippen LogP contribution >= 0.6 is 0 Å². The number of halogens is 2. The van der Waals surface area contributed by atoms with E-state index in [-0.39, 0.29) is 6.54 Å². The molecule has 0 aromatic carbocycles. The average Bonchev–Trinajstić information content (AvgIpc) is 2.17. The predicted molar refractivity (Wildman–Crippen MR) is 64.8 cm³/mol. The van der Waals surface area contributed by atoms with E-state index in [0.717, 1.165) is 32.4 Å². The van der Waals surface area contributed by atoms with Crippen molar-refractivity contribution in [2.24, 2.45) is 11.7 Å². The van der Waals surface area contributed by atoms with Crippen LogP contribution < -0.4 is 5.73 Å². The molecule has 0 amide bonds. The maximum Gasteiger partial charge on any atom is 0.251 e. The third kappa shape index (κ3) is 9.04. The Morgan fingerprint density at radius 3 is 2.38 bits per heavy atom. The van der Waals surface area contributed by atoms with Crippen LogP contribution in [0, 0.1) is 5.92 Å². The van der Waals surface area contributed by atoms with Gasteiger partial charge in [0.25, 0.3) is 6.43 Å². The summed E-state index contributed by atoms with van der Waals surface area (Å²) in [5.74, 6) is 0.676. The topological polar surface area (TPSA) is 29.3 Å². The summed E-state index contributed by atoms with van der Waals surface area (Å²) in [7, 11) is 1.75. The fourth-order valence-corrected chi connectivity index (χ4v) is 2.05. The molecule has 4 heteroatoms. The van der Waals surface area contributed by atoms with E-state index in [0.29, 0.717) is 5.92 Å². The molecular weight excluding hydrogens is 210 g/mol. The van der Waals surface area contributed by atoms with Crippen LogP contribution in [0.2, 0.25) is 0 Å². The van der Waals surface area contributed by atoms with Gasteiger partial charge >= 0.3 is 0 Å². The van der Waals surface area contributed by atoms with E-state index in [1.165, 1.54) is 12.8 Å². The Morgan fingerprint density at radius 1 is 1.19 bits per heavy atom. The standard InChI is InChI=1S/C12H26F2N2/c1-3-5-11(7-8-15)6-4-9-16(2)10-12(13)14/h11-12H,3-10,15H2,1-2H3. The fourth-order valence-electron chi connectivity index (χ4n) is 2.05. The number of hydrogen-bond donors (Lipinski definition) is 1. The van der Waals surface area contributed by atoms with Gasteiger partial charge in [0.15, 0.2) is 0 Å². The molecule has 0 aromatic rings. The summed E-state index contributed by atoms with van der Waals surface area (Å²) in [6.07, 6.45) is 3.33. The van der Waals surface area contributed by atoms with E-state index in [1.54, 1.807) is 11.9 Å². The van der Waals surface area contributed by atoms with Crippen LogP contribution in [-0.4, -0.2) is 38.0 Å². The van der Waals surface area contributed by atoms with Gasteiger partial charge in [-0.3, -0.25) is 0 Å². The van der Waals surface area contributed by atoms with Crippen LogP contribution in [0.3, 0.4) is 0 Å². The van der Waals surface area contributed by atoms with Crippen molar-refractivity contribution in [3.63, 3.8) is 0 Å². The van der Waals surface area contributed by atoms with Crippen molar-refractivity contribution in [2.45, 2.75) is 45.5 Å². The Bertz CT molecular complexity index is 148. The average molecular weight is 236 g/mol. The zero-order valence-electron chi connectivity index (χ0n) is 10.6. The molecule has 1 atom stereocenters. The zero-order chi connectivity index (χ0) is 12.4. The summed E-state index contributed by atoms with van der Waals surface area (Å²) >= 11 is 0. The van der Waals surface area contributed by atoms with E-state index in [2.05, 4.69) is 6.92 Å². The molecule has 2 nitrogen and oxygen atoms in total. The van der Waals surface area contributed by atoms with E-state index < -0.39 is 6.43 Å². The first-order valence-corrected chi connectivity index (χ1v) is 6.26. The molecule has 0 aliphatic rings. The molecule has 0 aliphatic heterocycles. The molecule has 0 fully saturated rings. The summed E-state index contributed by atoms with van der Waals surface area (Å²) in [5, 5.41) is 0. The predicted octanol–water partition coefficient (Wildman–Crippen LogP) is 2.73. The SMILES string of the molecule is CCCC(CCN)CCCN(C)CC(F)F. The molecular formula is C12H26F2N2. The van der Waals surface area contributed by atoms with Gasteiger partial charge in [-0.05, 0) is 45.3 Å². The first kappa shape index (κ1) is 15.8. The minimum atomic E-state index is -2.22. The number of hydrogen-bond acceptors (Lipinski definition) is 2. The highest BCUT2D eigenvalue weighted by atomic mass is 19.3. The number of alkyl halides is 2. The molecule has 0 aliphatic carbocycles.